The van der Waals surface area contributed by atoms with Crippen LogP contribution in [-0.2, 0) is 4.79 Å². The molecule has 0 aromatic carbocycles. The molecule has 1 unspecified atom stereocenters. The van der Waals surface area contributed by atoms with Crippen LogP contribution in [-0.4, -0.2) is 22.1 Å². The molecule has 0 spiro atoms. The lowest BCUT2D eigenvalue weighted by atomic mass is 10.3. The Morgan fingerprint density at radius 1 is 1.71 bits per heavy atom. The number of rotatable bonds is 3. The van der Waals surface area contributed by atoms with Gasteiger partial charge < -0.3 is 10.4 Å². The van der Waals surface area contributed by atoms with E-state index in [1.165, 1.54) is 0 Å². The molecule has 1 atom stereocenters. The number of carboxylic acids is 1. The van der Waals surface area contributed by atoms with Crippen LogP contribution in [0.1, 0.15) is 12.5 Å². The fourth-order valence-corrected chi connectivity index (χ4v) is 1.26. The van der Waals surface area contributed by atoms with Crippen molar-refractivity contribution in [2.24, 2.45) is 0 Å². The Hall–Kier alpha value is -1.10. The maximum Gasteiger partial charge on any atom is 0.325 e. The van der Waals surface area contributed by atoms with E-state index >= 15 is 0 Å². The highest BCUT2D eigenvalue weighted by atomic mass is 79.9. The van der Waals surface area contributed by atoms with E-state index in [0.29, 0.717) is 5.82 Å². The summed E-state index contributed by atoms with van der Waals surface area (Å²) < 4.78 is 0.799. The van der Waals surface area contributed by atoms with Crippen LogP contribution in [0.2, 0.25) is 0 Å². The maximum atomic E-state index is 10.6. The molecule has 1 heterocycles. The topological polar surface area (TPSA) is 62.2 Å². The Morgan fingerprint density at radius 3 is 2.93 bits per heavy atom. The number of carbonyl (C=O) groups is 1. The number of pyridine rings is 1. The summed E-state index contributed by atoms with van der Waals surface area (Å²) in [5.41, 5.74) is 1.01. The summed E-state index contributed by atoms with van der Waals surface area (Å²) in [6.07, 6.45) is 1.64. The van der Waals surface area contributed by atoms with Gasteiger partial charge in [-0.3, -0.25) is 4.79 Å². The molecule has 0 aliphatic heterocycles. The highest BCUT2D eigenvalue weighted by molar-refractivity contribution is 9.10. The van der Waals surface area contributed by atoms with Gasteiger partial charge in [0, 0.05) is 6.20 Å². The van der Waals surface area contributed by atoms with E-state index in [0.717, 1.165) is 10.0 Å². The van der Waals surface area contributed by atoms with Crippen molar-refractivity contribution >= 4 is 27.7 Å². The Labute approximate surface area is 90.5 Å². The van der Waals surface area contributed by atoms with E-state index in [1.54, 1.807) is 13.1 Å². The first kappa shape index (κ1) is 11.0. The van der Waals surface area contributed by atoms with Crippen molar-refractivity contribution < 1.29 is 9.90 Å². The molecule has 4 nitrogen and oxygen atoms in total. The largest absolute Gasteiger partial charge is 0.480 e. The Balaban J connectivity index is 2.87. The van der Waals surface area contributed by atoms with E-state index in [-0.39, 0.29) is 0 Å². The van der Waals surface area contributed by atoms with Crippen molar-refractivity contribution in [2.75, 3.05) is 5.32 Å². The molecule has 2 N–H and O–H groups in total. The van der Waals surface area contributed by atoms with Gasteiger partial charge in [-0.15, -0.1) is 0 Å². The Bertz CT molecular complexity index is 355. The molecule has 0 aliphatic rings. The molecular weight excluding hydrogens is 248 g/mol. The predicted molar refractivity (Wildman–Crippen MR) is 57.4 cm³/mol. The van der Waals surface area contributed by atoms with Gasteiger partial charge in [-0.05, 0) is 41.4 Å². The van der Waals surface area contributed by atoms with Gasteiger partial charge in [-0.2, -0.15) is 0 Å². The van der Waals surface area contributed by atoms with Crippen LogP contribution in [0.4, 0.5) is 5.82 Å². The summed E-state index contributed by atoms with van der Waals surface area (Å²) in [6, 6.07) is 1.20. The van der Waals surface area contributed by atoms with Gasteiger partial charge in [-0.1, -0.05) is 0 Å². The third-order valence-electron chi connectivity index (χ3n) is 1.81. The second-order valence-corrected chi connectivity index (χ2v) is 3.79. The molecule has 0 amide bonds. The number of nitrogens with one attached hydrogen (secondary N) is 1. The van der Waals surface area contributed by atoms with Crippen molar-refractivity contribution in [2.45, 2.75) is 19.9 Å². The molecule has 0 bridgehead atoms. The standard InChI is InChI=1S/C9H11BrN2O2/c1-5-3-4-11-8(7(5)10)12-6(2)9(13)14/h3-4,6H,1-2H3,(H,11,12)(H,13,14). The van der Waals surface area contributed by atoms with Gasteiger partial charge in [-0.25, -0.2) is 4.98 Å². The minimum absolute atomic E-state index is 0.555. The quantitative estimate of drug-likeness (QED) is 0.871. The van der Waals surface area contributed by atoms with Crippen LogP contribution >= 0.6 is 15.9 Å². The van der Waals surface area contributed by atoms with Gasteiger partial charge in [0.1, 0.15) is 11.9 Å². The number of nitrogens with zero attached hydrogens (tertiary/aromatic N) is 1. The Morgan fingerprint density at radius 2 is 2.36 bits per heavy atom. The summed E-state index contributed by atoms with van der Waals surface area (Å²) in [5.74, 6) is -0.347. The highest BCUT2D eigenvalue weighted by Gasteiger charge is 2.13. The second-order valence-electron chi connectivity index (χ2n) is 2.99. The smallest absolute Gasteiger partial charge is 0.325 e. The first-order chi connectivity index (χ1) is 6.52. The number of hydrogen-bond acceptors (Lipinski definition) is 3. The lowest BCUT2D eigenvalue weighted by Gasteiger charge is -2.12. The van der Waals surface area contributed by atoms with Crippen LogP contribution in [0.25, 0.3) is 0 Å². The highest BCUT2D eigenvalue weighted by Crippen LogP contribution is 2.23. The average molecular weight is 259 g/mol. The predicted octanol–water partition coefficient (Wildman–Crippen LogP) is 2.04. The zero-order valence-corrected chi connectivity index (χ0v) is 9.50. The molecule has 0 saturated carbocycles. The minimum Gasteiger partial charge on any atom is -0.480 e. The first-order valence-corrected chi connectivity index (χ1v) is 4.92. The van der Waals surface area contributed by atoms with Crippen LogP contribution in [0.5, 0.6) is 0 Å². The maximum absolute atomic E-state index is 10.6. The first-order valence-electron chi connectivity index (χ1n) is 4.13. The van der Waals surface area contributed by atoms with E-state index in [9.17, 15) is 4.79 Å². The molecule has 5 heteroatoms. The van der Waals surface area contributed by atoms with Gasteiger partial charge >= 0.3 is 5.97 Å². The van der Waals surface area contributed by atoms with Gasteiger partial charge in [0.25, 0.3) is 0 Å². The average Bonchev–Trinajstić information content (AvgIpc) is 2.12. The zero-order valence-electron chi connectivity index (χ0n) is 7.91. The summed E-state index contributed by atoms with van der Waals surface area (Å²) in [7, 11) is 0. The molecule has 1 aromatic heterocycles. The van der Waals surface area contributed by atoms with Crippen molar-refractivity contribution in [3.8, 4) is 0 Å². The number of aromatic nitrogens is 1. The van der Waals surface area contributed by atoms with Crippen LogP contribution in [0.15, 0.2) is 16.7 Å². The summed E-state index contributed by atoms with van der Waals surface area (Å²) in [5, 5.41) is 11.5. The molecular formula is C9H11BrN2O2. The molecule has 0 radical (unpaired) electrons. The van der Waals surface area contributed by atoms with Crippen molar-refractivity contribution in [3.63, 3.8) is 0 Å². The van der Waals surface area contributed by atoms with Crippen molar-refractivity contribution in [3.05, 3.63) is 22.3 Å². The number of hydrogen-bond donors (Lipinski definition) is 2. The van der Waals surface area contributed by atoms with Crippen LogP contribution in [0, 0.1) is 6.92 Å². The number of aryl methyl sites for hydroxylation is 1. The lowest BCUT2D eigenvalue weighted by Crippen LogP contribution is -2.26. The fourth-order valence-electron chi connectivity index (χ4n) is 0.908. The second kappa shape index (κ2) is 4.41. The van der Waals surface area contributed by atoms with E-state index in [1.807, 2.05) is 13.0 Å². The molecule has 0 aliphatic carbocycles. The van der Waals surface area contributed by atoms with Crippen LogP contribution in [0.3, 0.4) is 0 Å². The summed E-state index contributed by atoms with van der Waals surface area (Å²) in [6.45, 7) is 3.49. The zero-order chi connectivity index (χ0) is 10.7. The molecule has 1 rings (SSSR count). The third-order valence-corrected chi connectivity index (χ3v) is 2.81. The number of carboxylic acid groups (broad SMARTS) is 1. The molecule has 0 saturated heterocycles. The Kier molecular flexibility index (Phi) is 3.46. The van der Waals surface area contributed by atoms with Crippen molar-refractivity contribution in [1.29, 1.82) is 0 Å². The van der Waals surface area contributed by atoms with Crippen LogP contribution < -0.4 is 5.32 Å². The number of halogens is 1. The fraction of sp³-hybridized carbons (Fsp3) is 0.333. The van der Waals surface area contributed by atoms with Crippen molar-refractivity contribution in [1.82, 2.24) is 4.98 Å². The van der Waals surface area contributed by atoms with E-state index in [4.69, 9.17) is 5.11 Å². The molecule has 14 heavy (non-hydrogen) atoms. The van der Waals surface area contributed by atoms with Gasteiger partial charge in [0.15, 0.2) is 0 Å². The van der Waals surface area contributed by atoms with E-state index < -0.39 is 12.0 Å². The SMILES string of the molecule is Cc1ccnc(NC(C)C(=O)O)c1Br. The lowest BCUT2D eigenvalue weighted by molar-refractivity contribution is -0.137. The third kappa shape index (κ3) is 2.45. The molecule has 76 valence electrons. The summed E-state index contributed by atoms with van der Waals surface area (Å²) in [4.78, 5) is 14.6. The normalized spacial score (nSPS) is 12.2. The summed E-state index contributed by atoms with van der Waals surface area (Å²) >= 11 is 3.34. The number of aliphatic carboxylic acids is 1. The molecule has 1 aromatic rings. The number of anilines is 1. The van der Waals surface area contributed by atoms with Gasteiger partial charge in [0.05, 0.1) is 4.47 Å². The van der Waals surface area contributed by atoms with E-state index in [2.05, 4.69) is 26.2 Å². The van der Waals surface area contributed by atoms with Gasteiger partial charge in [0.2, 0.25) is 0 Å². The minimum atomic E-state index is -0.903. The monoisotopic (exact) mass is 258 g/mol. The molecule has 0 fully saturated rings.